The van der Waals surface area contributed by atoms with Gasteiger partial charge in [0.25, 0.3) is 5.91 Å². The third-order valence-electron chi connectivity index (χ3n) is 8.26. The van der Waals surface area contributed by atoms with Crippen molar-refractivity contribution in [2.45, 2.75) is 76.7 Å². The molecule has 1 aliphatic carbocycles. The van der Waals surface area contributed by atoms with Gasteiger partial charge in [0.2, 0.25) is 5.76 Å². The van der Waals surface area contributed by atoms with Crippen molar-refractivity contribution in [2.24, 2.45) is 5.41 Å². The molecule has 2 aromatic heterocycles. The van der Waals surface area contributed by atoms with Crippen LogP contribution in [-0.2, 0) is 13.0 Å². The van der Waals surface area contributed by atoms with Crippen LogP contribution in [0.5, 0.6) is 0 Å². The van der Waals surface area contributed by atoms with Gasteiger partial charge in [-0.25, -0.2) is 0 Å². The van der Waals surface area contributed by atoms with Gasteiger partial charge in [-0.3, -0.25) is 9.48 Å². The highest BCUT2D eigenvalue weighted by molar-refractivity contribution is 5.93. The maximum absolute atomic E-state index is 14.0. The number of piperidine rings is 1. The summed E-state index contributed by atoms with van der Waals surface area (Å²) in [5.41, 5.74) is 2.89. The van der Waals surface area contributed by atoms with Crippen LogP contribution >= 0.6 is 0 Å². The van der Waals surface area contributed by atoms with Gasteiger partial charge in [0, 0.05) is 47.9 Å². The fraction of sp³-hybridized carbons (Fsp3) is 0.500. The molecule has 0 unspecified atom stereocenters. The van der Waals surface area contributed by atoms with Gasteiger partial charge >= 0.3 is 0 Å². The quantitative estimate of drug-likeness (QED) is 0.644. The lowest BCUT2D eigenvalue weighted by Crippen LogP contribution is -2.62. The number of aryl methyl sites for hydroxylation is 1. The molecule has 0 radical (unpaired) electrons. The fourth-order valence-electron chi connectivity index (χ4n) is 6.58. The zero-order valence-corrected chi connectivity index (χ0v) is 19.3. The first-order valence-electron chi connectivity index (χ1n) is 12.2. The Balaban J connectivity index is 1.35. The summed E-state index contributed by atoms with van der Waals surface area (Å²) in [5.74, 6) is 0.280. The van der Waals surface area contributed by atoms with Crippen LogP contribution in [0.3, 0.4) is 0 Å². The Morgan fingerprint density at radius 1 is 1.27 bits per heavy atom. The summed E-state index contributed by atoms with van der Waals surface area (Å²) < 4.78 is 7.48. The van der Waals surface area contributed by atoms with E-state index in [1.807, 2.05) is 23.9 Å². The summed E-state index contributed by atoms with van der Waals surface area (Å²) in [4.78, 5) is 16.2. The minimum Gasteiger partial charge on any atom is -0.350 e. The van der Waals surface area contributed by atoms with Crippen molar-refractivity contribution >= 4 is 5.91 Å². The minimum absolute atomic E-state index is 0.0390. The lowest BCUT2D eigenvalue weighted by Gasteiger charge is -2.53. The second-order valence-electron chi connectivity index (χ2n) is 10.1. The molecule has 33 heavy (non-hydrogen) atoms. The molecule has 1 N–H and O–H groups in total. The van der Waals surface area contributed by atoms with Gasteiger partial charge in [0.1, 0.15) is 5.69 Å². The number of nitrogens with zero attached hydrogens (tertiary/aromatic N) is 4. The van der Waals surface area contributed by atoms with Crippen molar-refractivity contribution in [3.05, 3.63) is 60.1 Å². The third kappa shape index (κ3) is 3.32. The average molecular weight is 446 g/mol. The third-order valence-corrected chi connectivity index (χ3v) is 8.26. The second kappa shape index (κ2) is 7.83. The Morgan fingerprint density at radius 2 is 2.12 bits per heavy atom. The van der Waals surface area contributed by atoms with Crippen molar-refractivity contribution in [1.82, 2.24) is 25.2 Å². The summed E-state index contributed by atoms with van der Waals surface area (Å²) >= 11 is 0. The maximum Gasteiger partial charge on any atom is 0.293 e. The van der Waals surface area contributed by atoms with E-state index in [-0.39, 0.29) is 23.4 Å². The molecule has 1 saturated carbocycles. The standard InChI is InChI=1S/C26H31N5O2/c1-3-30-16-18(15-27-30)19-13-22(33-29-19)25(32)31-21(12-17-8-5-4-6-9-17)20-14-26(2)23(28-20)10-7-11-24(26)31/h4-6,8-9,13,15-16,20-21,23-24,28H,3,7,10-12,14H2,1-2H3/t20-,21-,23-,24+,26-/m0/s1. The largest absolute Gasteiger partial charge is 0.350 e. The predicted molar refractivity (Wildman–Crippen MR) is 125 cm³/mol. The van der Waals surface area contributed by atoms with E-state index in [2.05, 4.69) is 51.7 Å². The molecule has 0 spiro atoms. The van der Waals surface area contributed by atoms with Crippen LogP contribution in [-0.4, -0.2) is 49.9 Å². The van der Waals surface area contributed by atoms with E-state index >= 15 is 0 Å². The number of benzene rings is 1. The Labute approximate surface area is 194 Å². The van der Waals surface area contributed by atoms with Crippen LogP contribution in [0.4, 0.5) is 0 Å². The Kier molecular flexibility index (Phi) is 4.91. The Bertz CT molecular complexity index is 1150. The molecular weight excluding hydrogens is 414 g/mol. The normalized spacial score (nSPS) is 30.5. The van der Waals surface area contributed by atoms with E-state index in [1.165, 1.54) is 12.0 Å². The number of nitrogens with one attached hydrogen (secondary N) is 1. The zero-order valence-electron chi connectivity index (χ0n) is 19.3. The van der Waals surface area contributed by atoms with E-state index in [0.29, 0.717) is 23.5 Å². The second-order valence-corrected chi connectivity index (χ2v) is 10.1. The lowest BCUT2D eigenvalue weighted by atomic mass is 9.64. The molecule has 6 rings (SSSR count). The van der Waals surface area contributed by atoms with Crippen LogP contribution in [0.1, 0.15) is 55.6 Å². The van der Waals surface area contributed by atoms with Crippen molar-refractivity contribution in [1.29, 1.82) is 0 Å². The van der Waals surface area contributed by atoms with Gasteiger partial charge in [-0.05, 0) is 44.6 Å². The van der Waals surface area contributed by atoms with Crippen LogP contribution in [0.2, 0.25) is 0 Å². The van der Waals surface area contributed by atoms with Crippen molar-refractivity contribution in [2.75, 3.05) is 0 Å². The number of carbonyl (C=O) groups is 1. The van der Waals surface area contributed by atoms with E-state index in [9.17, 15) is 4.79 Å². The van der Waals surface area contributed by atoms with E-state index in [4.69, 9.17) is 4.52 Å². The SMILES string of the molecule is CCn1cc(-c2cc(C(=O)N3[C@@H](Cc4ccccc4)[C@@H]4C[C@@]5(C)[C@H](CCC[C@@H]35)N4)on2)cn1. The summed E-state index contributed by atoms with van der Waals surface area (Å²) in [6.07, 6.45) is 9.05. The summed E-state index contributed by atoms with van der Waals surface area (Å²) in [5, 5.41) is 12.5. The number of hydrogen-bond acceptors (Lipinski definition) is 5. The van der Waals surface area contributed by atoms with Gasteiger partial charge in [0.15, 0.2) is 0 Å². The highest BCUT2D eigenvalue weighted by atomic mass is 16.5. The molecule has 2 saturated heterocycles. The van der Waals surface area contributed by atoms with Crippen LogP contribution in [0.25, 0.3) is 11.3 Å². The van der Waals surface area contributed by atoms with Gasteiger partial charge in [0.05, 0.1) is 12.2 Å². The molecular formula is C26H31N5O2. The molecule has 7 heteroatoms. The number of hydrogen-bond donors (Lipinski definition) is 1. The first kappa shape index (κ1) is 20.7. The molecule has 5 atom stereocenters. The van der Waals surface area contributed by atoms with E-state index < -0.39 is 0 Å². The van der Waals surface area contributed by atoms with Gasteiger partial charge in [-0.1, -0.05) is 42.4 Å². The fourth-order valence-corrected chi connectivity index (χ4v) is 6.58. The number of likely N-dealkylation sites (tertiary alicyclic amines) is 1. The molecule has 172 valence electrons. The number of carbonyl (C=O) groups excluding carboxylic acids is 1. The molecule has 1 amide bonds. The molecule has 3 fully saturated rings. The molecule has 3 aromatic rings. The van der Waals surface area contributed by atoms with E-state index in [0.717, 1.165) is 37.8 Å². The zero-order chi connectivity index (χ0) is 22.6. The number of amides is 1. The van der Waals surface area contributed by atoms with Crippen LogP contribution in [0, 0.1) is 5.41 Å². The Hall–Kier alpha value is -2.93. The summed E-state index contributed by atoms with van der Waals surface area (Å²) in [6, 6.07) is 13.4. The average Bonchev–Trinajstić information content (AvgIpc) is 3.56. The maximum atomic E-state index is 14.0. The molecule has 7 nitrogen and oxygen atoms in total. The van der Waals surface area contributed by atoms with Crippen LogP contribution in [0.15, 0.2) is 53.3 Å². The van der Waals surface area contributed by atoms with Gasteiger partial charge in [-0.2, -0.15) is 5.10 Å². The minimum atomic E-state index is -0.0390. The number of fused-ring (bicyclic) bond motifs is 1. The van der Waals surface area contributed by atoms with Crippen molar-refractivity contribution in [3.63, 3.8) is 0 Å². The lowest BCUT2D eigenvalue weighted by molar-refractivity contribution is -0.0134. The van der Waals surface area contributed by atoms with Crippen LogP contribution < -0.4 is 5.32 Å². The number of aromatic nitrogens is 3. The highest BCUT2D eigenvalue weighted by Crippen LogP contribution is 2.52. The highest BCUT2D eigenvalue weighted by Gasteiger charge is 2.60. The Morgan fingerprint density at radius 3 is 2.91 bits per heavy atom. The summed E-state index contributed by atoms with van der Waals surface area (Å²) in [6.45, 7) is 5.20. The topological polar surface area (TPSA) is 76.2 Å². The first-order valence-corrected chi connectivity index (χ1v) is 12.2. The predicted octanol–water partition coefficient (Wildman–Crippen LogP) is 3.91. The smallest absolute Gasteiger partial charge is 0.293 e. The molecule has 2 bridgehead atoms. The monoisotopic (exact) mass is 445 g/mol. The number of rotatable bonds is 5. The summed E-state index contributed by atoms with van der Waals surface area (Å²) in [7, 11) is 0. The first-order chi connectivity index (χ1) is 16.1. The molecule has 1 aromatic carbocycles. The van der Waals surface area contributed by atoms with Crippen molar-refractivity contribution < 1.29 is 9.32 Å². The van der Waals surface area contributed by atoms with Crippen molar-refractivity contribution in [3.8, 4) is 11.3 Å². The van der Waals surface area contributed by atoms with E-state index in [1.54, 1.807) is 12.3 Å². The molecule has 3 aliphatic rings. The van der Waals surface area contributed by atoms with Gasteiger partial charge in [-0.15, -0.1) is 0 Å². The van der Waals surface area contributed by atoms with Gasteiger partial charge < -0.3 is 14.7 Å². The molecule has 4 heterocycles. The molecule has 2 aliphatic heterocycles.